The van der Waals surface area contributed by atoms with Crippen molar-refractivity contribution in [2.45, 2.75) is 26.2 Å². The van der Waals surface area contributed by atoms with E-state index in [0.29, 0.717) is 0 Å². The molecule has 0 bridgehead atoms. The molecule has 0 spiro atoms. The summed E-state index contributed by atoms with van der Waals surface area (Å²) < 4.78 is 0. The topological polar surface area (TPSA) is 33.1 Å². The van der Waals surface area contributed by atoms with Gasteiger partial charge in [-0.3, -0.25) is 0 Å². The highest BCUT2D eigenvalue weighted by Crippen LogP contribution is 2.30. The highest BCUT2D eigenvalue weighted by molar-refractivity contribution is 7.16. The zero-order valence-electron chi connectivity index (χ0n) is 9.69. The maximum absolute atomic E-state index is 9.25. The second-order valence-corrected chi connectivity index (χ2v) is 5.84. The Balaban J connectivity index is 2.33. The maximum atomic E-state index is 9.25. The molecule has 0 unspecified atom stereocenters. The third-order valence-corrected chi connectivity index (χ3v) is 3.34. The lowest BCUT2D eigenvalue weighted by Gasteiger charge is -2.18. The molecule has 1 aromatic heterocycles. The molecule has 84 valence electrons. The van der Waals surface area contributed by atoms with E-state index in [-0.39, 0.29) is 10.5 Å². The van der Waals surface area contributed by atoms with Gasteiger partial charge in [-0.15, -0.1) is 0 Å². The van der Waals surface area contributed by atoms with Crippen LogP contribution in [0.2, 0.25) is 0 Å². The first-order valence-electron chi connectivity index (χ1n) is 5.22. The lowest BCUT2D eigenvalue weighted by atomic mass is 9.87. The van der Waals surface area contributed by atoms with Gasteiger partial charge >= 0.3 is 0 Å². The second kappa shape index (κ2) is 3.91. The van der Waals surface area contributed by atoms with Crippen LogP contribution in [0.4, 0.5) is 0 Å². The number of thiazole rings is 1. The van der Waals surface area contributed by atoms with Gasteiger partial charge < -0.3 is 5.11 Å². The van der Waals surface area contributed by atoms with E-state index in [1.54, 1.807) is 0 Å². The van der Waals surface area contributed by atoms with E-state index in [1.165, 1.54) is 23.1 Å². The number of aromatic nitrogens is 1. The van der Waals surface area contributed by atoms with E-state index in [1.807, 2.05) is 0 Å². The second-order valence-electron chi connectivity index (χ2n) is 4.83. The van der Waals surface area contributed by atoms with Crippen molar-refractivity contribution in [2.24, 2.45) is 0 Å². The highest BCUT2D eigenvalue weighted by Gasteiger charge is 2.13. The highest BCUT2D eigenvalue weighted by atomic mass is 32.1. The summed E-state index contributed by atoms with van der Waals surface area (Å²) in [6.45, 7) is 6.58. The Kier molecular flexibility index (Phi) is 2.72. The normalized spacial score (nSPS) is 11.7. The van der Waals surface area contributed by atoms with Crippen LogP contribution in [0.15, 0.2) is 30.5 Å². The first-order chi connectivity index (χ1) is 7.47. The molecule has 2 rings (SSSR count). The van der Waals surface area contributed by atoms with Crippen molar-refractivity contribution in [3.63, 3.8) is 0 Å². The fraction of sp³-hybridized carbons (Fsp3) is 0.308. The van der Waals surface area contributed by atoms with Crippen molar-refractivity contribution in [3.8, 4) is 15.6 Å². The summed E-state index contributed by atoms with van der Waals surface area (Å²) in [5.41, 5.74) is 2.53. The number of rotatable bonds is 1. The van der Waals surface area contributed by atoms with Crippen molar-refractivity contribution >= 4 is 11.3 Å². The fourth-order valence-electron chi connectivity index (χ4n) is 1.51. The molecule has 0 saturated heterocycles. The fourth-order valence-corrected chi connectivity index (χ4v) is 2.17. The molecule has 2 aromatic rings. The molecule has 1 N–H and O–H groups in total. The Morgan fingerprint density at radius 3 is 2.19 bits per heavy atom. The maximum Gasteiger partial charge on any atom is 0.192 e. The zero-order valence-corrected chi connectivity index (χ0v) is 10.5. The van der Waals surface area contributed by atoms with Crippen LogP contribution in [-0.4, -0.2) is 10.1 Å². The number of nitrogens with zero attached hydrogens (tertiary/aromatic N) is 1. The van der Waals surface area contributed by atoms with Crippen molar-refractivity contribution < 1.29 is 5.11 Å². The van der Waals surface area contributed by atoms with Crippen LogP contribution in [0.5, 0.6) is 5.06 Å². The molecule has 0 aliphatic heterocycles. The van der Waals surface area contributed by atoms with E-state index in [4.69, 9.17) is 0 Å². The third kappa shape index (κ3) is 2.25. The summed E-state index contributed by atoms with van der Waals surface area (Å²) in [4.78, 5) is 4.15. The zero-order chi connectivity index (χ0) is 11.8. The van der Waals surface area contributed by atoms with Crippen LogP contribution in [0.25, 0.3) is 10.6 Å². The summed E-state index contributed by atoms with van der Waals surface area (Å²) in [6, 6.07) is 8.35. The Morgan fingerprint density at radius 1 is 1.12 bits per heavy atom. The lowest BCUT2D eigenvalue weighted by molar-refractivity contribution is 0.489. The SMILES string of the molecule is CC(C)(C)c1ccc(-c2ncc(O)s2)cc1. The monoisotopic (exact) mass is 233 g/mol. The molecule has 0 aliphatic rings. The molecule has 0 amide bonds. The van der Waals surface area contributed by atoms with Gasteiger partial charge in [-0.25, -0.2) is 4.98 Å². The minimum Gasteiger partial charge on any atom is -0.498 e. The molecule has 3 heteroatoms. The van der Waals surface area contributed by atoms with E-state index < -0.39 is 0 Å². The summed E-state index contributed by atoms with van der Waals surface area (Å²) in [6.07, 6.45) is 1.48. The predicted molar refractivity (Wildman–Crippen MR) is 67.9 cm³/mol. The minimum atomic E-state index is 0.170. The third-order valence-electron chi connectivity index (χ3n) is 2.49. The summed E-state index contributed by atoms with van der Waals surface area (Å²) in [5, 5.41) is 10.4. The molecular weight excluding hydrogens is 218 g/mol. The summed E-state index contributed by atoms with van der Waals surface area (Å²) in [7, 11) is 0. The van der Waals surface area contributed by atoms with Crippen molar-refractivity contribution in [3.05, 3.63) is 36.0 Å². The van der Waals surface area contributed by atoms with E-state index in [0.717, 1.165) is 10.6 Å². The standard InChI is InChI=1S/C13H15NOS/c1-13(2,3)10-6-4-9(5-7-10)12-14-8-11(15)16-12/h4-8,15H,1-3H3. The van der Waals surface area contributed by atoms with E-state index in [2.05, 4.69) is 50.0 Å². The Hall–Kier alpha value is -1.35. The molecule has 0 radical (unpaired) electrons. The molecule has 1 aromatic carbocycles. The molecule has 0 aliphatic carbocycles. The van der Waals surface area contributed by atoms with Crippen LogP contribution in [-0.2, 0) is 5.41 Å². The van der Waals surface area contributed by atoms with Crippen molar-refractivity contribution in [1.82, 2.24) is 4.98 Å². The molecule has 0 saturated carbocycles. The first kappa shape index (κ1) is 11.1. The lowest BCUT2D eigenvalue weighted by Crippen LogP contribution is -2.10. The number of hydrogen-bond donors (Lipinski definition) is 1. The van der Waals surface area contributed by atoms with Gasteiger partial charge in [-0.2, -0.15) is 0 Å². The molecule has 16 heavy (non-hydrogen) atoms. The van der Waals surface area contributed by atoms with Crippen LogP contribution >= 0.6 is 11.3 Å². The average Bonchev–Trinajstić information content (AvgIpc) is 2.64. The molecule has 1 heterocycles. The number of benzene rings is 1. The molecular formula is C13H15NOS. The minimum absolute atomic E-state index is 0.170. The number of hydrogen-bond acceptors (Lipinski definition) is 3. The van der Waals surface area contributed by atoms with Gasteiger partial charge in [0.05, 0.1) is 6.20 Å². The summed E-state index contributed by atoms with van der Waals surface area (Å²) >= 11 is 1.30. The molecule has 0 fully saturated rings. The van der Waals surface area contributed by atoms with Crippen LogP contribution in [0, 0.1) is 0 Å². The smallest absolute Gasteiger partial charge is 0.192 e. The molecule has 0 atom stereocenters. The molecule has 2 nitrogen and oxygen atoms in total. The number of aromatic hydroxyl groups is 1. The van der Waals surface area contributed by atoms with Crippen molar-refractivity contribution in [2.75, 3.05) is 0 Å². The summed E-state index contributed by atoms with van der Waals surface area (Å²) in [5.74, 6) is 0. The quantitative estimate of drug-likeness (QED) is 0.812. The van der Waals surface area contributed by atoms with Gasteiger partial charge in [-0.1, -0.05) is 56.4 Å². The Bertz CT molecular complexity index is 479. The van der Waals surface area contributed by atoms with Gasteiger partial charge in [0.2, 0.25) is 0 Å². The average molecular weight is 233 g/mol. The first-order valence-corrected chi connectivity index (χ1v) is 6.04. The van der Waals surface area contributed by atoms with Gasteiger partial charge in [0.25, 0.3) is 0 Å². The van der Waals surface area contributed by atoms with Gasteiger partial charge in [-0.05, 0) is 11.0 Å². The van der Waals surface area contributed by atoms with Crippen LogP contribution in [0.3, 0.4) is 0 Å². The van der Waals surface area contributed by atoms with E-state index >= 15 is 0 Å². The van der Waals surface area contributed by atoms with Gasteiger partial charge in [0.1, 0.15) is 5.01 Å². The van der Waals surface area contributed by atoms with Crippen LogP contribution in [0.1, 0.15) is 26.3 Å². The predicted octanol–water partition coefficient (Wildman–Crippen LogP) is 3.81. The Labute approximate surface area is 99.6 Å². The van der Waals surface area contributed by atoms with Gasteiger partial charge in [0, 0.05) is 5.56 Å². The van der Waals surface area contributed by atoms with Crippen molar-refractivity contribution in [1.29, 1.82) is 0 Å². The van der Waals surface area contributed by atoms with Gasteiger partial charge in [0.15, 0.2) is 5.06 Å². The largest absolute Gasteiger partial charge is 0.498 e. The van der Waals surface area contributed by atoms with Crippen LogP contribution < -0.4 is 0 Å². The Morgan fingerprint density at radius 2 is 1.75 bits per heavy atom. The van der Waals surface area contributed by atoms with E-state index in [9.17, 15) is 5.11 Å².